The van der Waals surface area contributed by atoms with E-state index in [1.165, 1.54) is 6.33 Å². The number of nitrogens with zero attached hydrogens (tertiary/aromatic N) is 4. The predicted octanol–water partition coefficient (Wildman–Crippen LogP) is 2.42. The van der Waals surface area contributed by atoms with Crippen molar-refractivity contribution in [3.63, 3.8) is 0 Å². The number of halogens is 3. The zero-order chi connectivity index (χ0) is 14.0. The molecular formula is C11H12F3N5. The predicted molar refractivity (Wildman–Crippen MR) is 63.1 cm³/mol. The Morgan fingerprint density at radius 2 is 2.05 bits per heavy atom. The molecule has 2 rings (SSSR count). The quantitative estimate of drug-likeness (QED) is 0.931. The van der Waals surface area contributed by atoms with Gasteiger partial charge in [-0.25, -0.2) is 14.6 Å². The standard InChI is InChI=1S/C11H12F3N5/c1-3-15-9-7(2)10(17-6-16-9)19-5-8(4-18-19)11(12,13)14/h4-6H,3H2,1-2H3,(H,15,16,17). The highest BCUT2D eigenvalue weighted by Gasteiger charge is 2.32. The fraction of sp³-hybridized carbons (Fsp3) is 0.364. The van der Waals surface area contributed by atoms with Crippen molar-refractivity contribution in [3.05, 3.63) is 29.8 Å². The number of alkyl halides is 3. The fourth-order valence-corrected chi connectivity index (χ4v) is 1.60. The van der Waals surface area contributed by atoms with Gasteiger partial charge in [0.15, 0.2) is 5.82 Å². The van der Waals surface area contributed by atoms with E-state index in [2.05, 4.69) is 20.4 Å². The molecule has 0 unspecified atom stereocenters. The number of aromatic nitrogens is 4. The van der Waals surface area contributed by atoms with E-state index in [-0.39, 0.29) is 0 Å². The van der Waals surface area contributed by atoms with Gasteiger partial charge in [-0.2, -0.15) is 18.3 Å². The molecule has 1 N–H and O–H groups in total. The second-order valence-electron chi connectivity index (χ2n) is 3.87. The summed E-state index contributed by atoms with van der Waals surface area (Å²) < 4.78 is 38.7. The molecule has 102 valence electrons. The Hall–Kier alpha value is -2.12. The van der Waals surface area contributed by atoms with E-state index in [9.17, 15) is 13.2 Å². The first-order valence-corrected chi connectivity index (χ1v) is 5.61. The van der Waals surface area contributed by atoms with Crippen molar-refractivity contribution in [2.24, 2.45) is 0 Å². The summed E-state index contributed by atoms with van der Waals surface area (Å²) in [4.78, 5) is 7.99. The molecule has 0 spiro atoms. The number of anilines is 1. The highest BCUT2D eigenvalue weighted by Crippen LogP contribution is 2.29. The van der Waals surface area contributed by atoms with E-state index in [1.807, 2.05) is 6.92 Å². The van der Waals surface area contributed by atoms with Crippen molar-refractivity contribution in [1.29, 1.82) is 0 Å². The summed E-state index contributed by atoms with van der Waals surface area (Å²) in [5.74, 6) is 0.901. The highest BCUT2D eigenvalue weighted by atomic mass is 19.4. The topological polar surface area (TPSA) is 55.6 Å². The van der Waals surface area contributed by atoms with Crippen LogP contribution < -0.4 is 5.32 Å². The number of rotatable bonds is 3. The van der Waals surface area contributed by atoms with E-state index in [4.69, 9.17) is 0 Å². The Bertz CT molecular complexity index is 576. The lowest BCUT2D eigenvalue weighted by Gasteiger charge is -2.09. The van der Waals surface area contributed by atoms with E-state index >= 15 is 0 Å². The summed E-state index contributed by atoms with van der Waals surface area (Å²) >= 11 is 0. The second-order valence-corrected chi connectivity index (χ2v) is 3.87. The molecule has 0 fully saturated rings. The van der Waals surface area contributed by atoms with Crippen molar-refractivity contribution in [3.8, 4) is 5.82 Å². The Balaban J connectivity index is 2.42. The molecule has 0 bridgehead atoms. The molecule has 0 saturated heterocycles. The summed E-state index contributed by atoms with van der Waals surface area (Å²) in [5.41, 5.74) is -0.170. The van der Waals surface area contributed by atoms with E-state index < -0.39 is 11.7 Å². The summed E-state index contributed by atoms with van der Waals surface area (Å²) in [7, 11) is 0. The molecule has 8 heteroatoms. The summed E-state index contributed by atoms with van der Waals surface area (Å²) in [6.07, 6.45) is -1.45. The first-order chi connectivity index (χ1) is 8.93. The van der Waals surface area contributed by atoms with Gasteiger partial charge in [-0.3, -0.25) is 0 Å². The Kier molecular flexibility index (Phi) is 3.41. The Morgan fingerprint density at radius 1 is 1.32 bits per heavy atom. The third-order valence-electron chi connectivity index (χ3n) is 2.53. The maximum Gasteiger partial charge on any atom is 0.419 e. The monoisotopic (exact) mass is 271 g/mol. The van der Waals surface area contributed by atoms with Gasteiger partial charge in [0.25, 0.3) is 0 Å². The lowest BCUT2D eigenvalue weighted by molar-refractivity contribution is -0.137. The van der Waals surface area contributed by atoms with Gasteiger partial charge >= 0.3 is 6.18 Å². The van der Waals surface area contributed by atoms with Gasteiger partial charge in [0.1, 0.15) is 12.1 Å². The van der Waals surface area contributed by atoms with Gasteiger partial charge in [-0.1, -0.05) is 0 Å². The lowest BCUT2D eigenvalue weighted by atomic mass is 10.3. The van der Waals surface area contributed by atoms with Gasteiger partial charge in [-0.15, -0.1) is 0 Å². The first kappa shape index (κ1) is 13.3. The van der Waals surface area contributed by atoms with Crippen LogP contribution >= 0.6 is 0 Å². The van der Waals surface area contributed by atoms with Crippen molar-refractivity contribution >= 4 is 5.82 Å². The Morgan fingerprint density at radius 3 is 2.63 bits per heavy atom. The molecule has 0 aliphatic heterocycles. The van der Waals surface area contributed by atoms with Crippen LogP contribution in [0.3, 0.4) is 0 Å². The number of hydrogen-bond donors (Lipinski definition) is 1. The number of hydrogen-bond acceptors (Lipinski definition) is 4. The van der Waals surface area contributed by atoms with Crippen molar-refractivity contribution in [2.45, 2.75) is 20.0 Å². The largest absolute Gasteiger partial charge is 0.419 e. The number of nitrogens with one attached hydrogen (secondary N) is 1. The molecule has 0 radical (unpaired) electrons. The SMILES string of the molecule is CCNc1ncnc(-n2cc(C(F)(F)F)cn2)c1C. The van der Waals surface area contributed by atoms with Crippen LogP contribution in [0.4, 0.5) is 19.0 Å². The van der Waals surface area contributed by atoms with Crippen molar-refractivity contribution in [2.75, 3.05) is 11.9 Å². The molecule has 2 heterocycles. The smallest absolute Gasteiger partial charge is 0.370 e. The van der Waals surface area contributed by atoms with Crippen LogP contribution in [0.15, 0.2) is 18.7 Å². The molecule has 0 atom stereocenters. The molecule has 0 saturated carbocycles. The molecule has 2 aromatic rings. The fourth-order valence-electron chi connectivity index (χ4n) is 1.60. The average Bonchev–Trinajstić information content (AvgIpc) is 2.81. The Labute approximate surface area is 107 Å². The van der Waals surface area contributed by atoms with Crippen LogP contribution in [-0.2, 0) is 6.18 Å². The van der Waals surface area contributed by atoms with Crippen LogP contribution in [-0.4, -0.2) is 26.3 Å². The lowest BCUT2D eigenvalue weighted by Crippen LogP contribution is -2.08. The summed E-state index contributed by atoms with van der Waals surface area (Å²) in [5, 5.41) is 6.70. The molecule has 19 heavy (non-hydrogen) atoms. The van der Waals surface area contributed by atoms with Gasteiger partial charge in [0.2, 0.25) is 0 Å². The van der Waals surface area contributed by atoms with Gasteiger partial charge in [-0.05, 0) is 13.8 Å². The third kappa shape index (κ3) is 2.67. The summed E-state index contributed by atoms with van der Waals surface area (Å²) in [6, 6.07) is 0. The van der Waals surface area contributed by atoms with E-state index in [0.29, 0.717) is 23.7 Å². The molecule has 5 nitrogen and oxygen atoms in total. The van der Waals surface area contributed by atoms with Gasteiger partial charge < -0.3 is 5.32 Å². The van der Waals surface area contributed by atoms with Crippen molar-refractivity contribution in [1.82, 2.24) is 19.7 Å². The molecular weight excluding hydrogens is 259 g/mol. The molecule has 0 aliphatic rings. The molecule has 2 aromatic heterocycles. The minimum absolute atomic E-state index is 0.321. The molecule has 0 aromatic carbocycles. The van der Waals surface area contributed by atoms with Crippen LogP contribution in [0.25, 0.3) is 5.82 Å². The van der Waals surface area contributed by atoms with Crippen LogP contribution in [0.2, 0.25) is 0 Å². The van der Waals surface area contributed by atoms with Gasteiger partial charge in [0.05, 0.1) is 11.8 Å². The maximum absolute atomic E-state index is 12.5. The average molecular weight is 271 g/mol. The van der Waals surface area contributed by atoms with E-state index in [0.717, 1.165) is 17.1 Å². The van der Waals surface area contributed by atoms with Crippen LogP contribution in [0.1, 0.15) is 18.1 Å². The normalized spacial score (nSPS) is 11.6. The molecule has 0 aliphatic carbocycles. The van der Waals surface area contributed by atoms with E-state index in [1.54, 1.807) is 6.92 Å². The molecule has 0 amide bonds. The van der Waals surface area contributed by atoms with Gasteiger partial charge in [0, 0.05) is 18.3 Å². The van der Waals surface area contributed by atoms with Crippen LogP contribution in [0.5, 0.6) is 0 Å². The maximum atomic E-state index is 12.5. The zero-order valence-electron chi connectivity index (χ0n) is 10.4. The highest BCUT2D eigenvalue weighted by molar-refractivity contribution is 5.50. The zero-order valence-corrected chi connectivity index (χ0v) is 10.4. The third-order valence-corrected chi connectivity index (χ3v) is 2.53. The van der Waals surface area contributed by atoms with Crippen LogP contribution in [0, 0.1) is 6.92 Å². The summed E-state index contributed by atoms with van der Waals surface area (Å²) in [6.45, 7) is 4.28. The second kappa shape index (κ2) is 4.87. The minimum atomic E-state index is -4.41. The van der Waals surface area contributed by atoms with Crippen molar-refractivity contribution < 1.29 is 13.2 Å². The first-order valence-electron chi connectivity index (χ1n) is 5.61. The minimum Gasteiger partial charge on any atom is -0.370 e.